The highest BCUT2D eigenvalue weighted by atomic mass is 35.5. The van der Waals surface area contributed by atoms with Crippen LogP contribution in [0.4, 0.5) is 0 Å². The topological polar surface area (TPSA) is 26.0 Å². The van der Waals surface area contributed by atoms with Gasteiger partial charge in [-0.3, -0.25) is 0 Å². The summed E-state index contributed by atoms with van der Waals surface area (Å²) in [6.45, 7) is 2.88. The normalized spacial score (nSPS) is 12.4. The molecule has 0 aromatic heterocycles. The van der Waals surface area contributed by atoms with Gasteiger partial charge in [0, 0.05) is 5.56 Å². The van der Waals surface area contributed by atoms with Crippen molar-refractivity contribution in [1.29, 1.82) is 0 Å². The molecule has 0 spiro atoms. The Hall–Kier alpha value is -1.02. The van der Waals surface area contributed by atoms with Crippen molar-refractivity contribution in [2.75, 3.05) is 6.54 Å². The fourth-order valence-corrected chi connectivity index (χ4v) is 2.57. The molecule has 0 amide bonds. The van der Waals surface area contributed by atoms with E-state index < -0.39 is 0 Å². The van der Waals surface area contributed by atoms with E-state index in [4.69, 9.17) is 28.9 Å². The molecule has 0 bridgehead atoms. The predicted molar refractivity (Wildman–Crippen MR) is 84.0 cm³/mol. The van der Waals surface area contributed by atoms with E-state index in [1.807, 2.05) is 12.1 Å². The van der Waals surface area contributed by atoms with Crippen LogP contribution in [0.1, 0.15) is 24.8 Å². The first kappa shape index (κ1) is 14.4. The van der Waals surface area contributed by atoms with Crippen molar-refractivity contribution in [1.82, 2.24) is 0 Å². The highest BCUT2D eigenvalue weighted by molar-refractivity contribution is 6.43. The van der Waals surface area contributed by atoms with Gasteiger partial charge in [0.05, 0.1) is 10.0 Å². The van der Waals surface area contributed by atoms with Crippen molar-refractivity contribution in [3.05, 3.63) is 58.1 Å². The Balaban J connectivity index is 2.40. The Morgan fingerprint density at radius 2 is 1.84 bits per heavy atom. The Morgan fingerprint density at radius 3 is 2.58 bits per heavy atom. The molecule has 0 aliphatic heterocycles. The lowest BCUT2D eigenvalue weighted by Gasteiger charge is -2.13. The van der Waals surface area contributed by atoms with Crippen LogP contribution in [0, 0.1) is 0 Å². The maximum Gasteiger partial charge on any atom is 0.0670 e. The fourth-order valence-electron chi connectivity index (χ4n) is 2.16. The SMILES string of the molecule is CC(CCN)c1cccc(-c2cccc(Cl)c2Cl)c1. The Kier molecular flexibility index (Phi) is 4.87. The zero-order valence-electron chi connectivity index (χ0n) is 10.9. The maximum absolute atomic E-state index is 6.27. The first-order chi connectivity index (χ1) is 9.13. The molecule has 2 rings (SSSR count). The van der Waals surface area contributed by atoms with Gasteiger partial charge in [-0.2, -0.15) is 0 Å². The Morgan fingerprint density at radius 1 is 1.11 bits per heavy atom. The standard InChI is InChI=1S/C16H17Cl2N/c1-11(8-9-19)12-4-2-5-13(10-12)14-6-3-7-15(17)16(14)18/h2-7,10-11H,8-9,19H2,1H3. The zero-order valence-corrected chi connectivity index (χ0v) is 12.4. The van der Waals surface area contributed by atoms with Crippen LogP contribution in [-0.4, -0.2) is 6.54 Å². The monoisotopic (exact) mass is 293 g/mol. The first-order valence-electron chi connectivity index (χ1n) is 6.38. The van der Waals surface area contributed by atoms with Gasteiger partial charge >= 0.3 is 0 Å². The van der Waals surface area contributed by atoms with Crippen molar-refractivity contribution in [2.45, 2.75) is 19.3 Å². The minimum Gasteiger partial charge on any atom is -0.330 e. The second kappa shape index (κ2) is 6.42. The minimum absolute atomic E-state index is 0.447. The van der Waals surface area contributed by atoms with E-state index in [9.17, 15) is 0 Å². The van der Waals surface area contributed by atoms with Gasteiger partial charge in [-0.25, -0.2) is 0 Å². The van der Waals surface area contributed by atoms with Crippen LogP contribution in [0.15, 0.2) is 42.5 Å². The molecule has 3 heteroatoms. The van der Waals surface area contributed by atoms with E-state index in [1.165, 1.54) is 5.56 Å². The van der Waals surface area contributed by atoms with Gasteiger partial charge in [0.15, 0.2) is 0 Å². The third-order valence-electron chi connectivity index (χ3n) is 3.32. The van der Waals surface area contributed by atoms with Gasteiger partial charge in [-0.05, 0) is 36.1 Å². The number of halogens is 2. The summed E-state index contributed by atoms with van der Waals surface area (Å²) in [5.74, 6) is 0.447. The van der Waals surface area contributed by atoms with E-state index in [0.717, 1.165) is 17.5 Å². The van der Waals surface area contributed by atoms with Crippen LogP contribution in [0.2, 0.25) is 10.0 Å². The van der Waals surface area contributed by atoms with Crippen molar-refractivity contribution in [3.8, 4) is 11.1 Å². The van der Waals surface area contributed by atoms with E-state index in [0.29, 0.717) is 22.5 Å². The second-order valence-electron chi connectivity index (χ2n) is 4.71. The van der Waals surface area contributed by atoms with Crippen LogP contribution in [0.5, 0.6) is 0 Å². The molecule has 0 aliphatic carbocycles. The highest BCUT2D eigenvalue weighted by Crippen LogP contribution is 2.34. The van der Waals surface area contributed by atoms with E-state index in [2.05, 4.69) is 31.2 Å². The predicted octanol–water partition coefficient (Wildman–Crippen LogP) is 5.11. The van der Waals surface area contributed by atoms with Crippen LogP contribution < -0.4 is 5.73 Å². The summed E-state index contributed by atoms with van der Waals surface area (Å²) in [6, 6.07) is 14.1. The lowest BCUT2D eigenvalue weighted by molar-refractivity contribution is 0.690. The van der Waals surface area contributed by atoms with Crippen LogP contribution in [-0.2, 0) is 0 Å². The lowest BCUT2D eigenvalue weighted by Crippen LogP contribution is -2.04. The molecule has 2 N–H and O–H groups in total. The lowest BCUT2D eigenvalue weighted by atomic mass is 9.94. The molecule has 0 radical (unpaired) electrons. The molecule has 0 aliphatic rings. The number of nitrogens with two attached hydrogens (primary N) is 1. The molecule has 0 fully saturated rings. The van der Waals surface area contributed by atoms with E-state index >= 15 is 0 Å². The molecule has 100 valence electrons. The quantitative estimate of drug-likeness (QED) is 0.832. The summed E-state index contributed by atoms with van der Waals surface area (Å²) in [6.07, 6.45) is 0.979. The largest absolute Gasteiger partial charge is 0.330 e. The summed E-state index contributed by atoms with van der Waals surface area (Å²) in [4.78, 5) is 0. The van der Waals surface area contributed by atoms with Gasteiger partial charge in [0.25, 0.3) is 0 Å². The van der Waals surface area contributed by atoms with Crippen LogP contribution in [0.25, 0.3) is 11.1 Å². The smallest absolute Gasteiger partial charge is 0.0670 e. The highest BCUT2D eigenvalue weighted by Gasteiger charge is 2.09. The van der Waals surface area contributed by atoms with Crippen molar-refractivity contribution in [2.24, 2.45) is 5.73 Å². The maximum atomic E-state index is 6.27. The van der Waals surface area contributed by atoms with Crippen LogP contribution in [0.3, 0.4) is 0 Å². The molecule has 1 atom stereocenters. The summed E-state index contributed by atoms with van der Waals surface area (Å²) in [7, 11) is 0. The number of rotatable bonds is 4. The van der Waals surface area contributed by atoms with E-state index in [-0.39, 0.29) is 0 Å². The van der Waals surface area contributed by atoms with Crippen LogP contribution >= 0.6 is 23.2 Å². The van der Waals surface area contributed by atoms with Gasteiger partial charge < -0.3 is 5.73 Å². The van der Waals surface area contributed by atoms with Gasteiger partial charge in [-0.1, -0.05) is 66.5 Å². The summed E-state index contributed by atoms with van der Waals surface area (Å²) >= 11 is 12.3. The zero-order chi connectivity index (χ0) is 13.8. The van der Waals surface area contributed by atoms with Gasteiger partial charge in [0.1, 0.15) is 0 Å². The molecule has 2 aromatic rings. The average Bonchev–Trinajstić information content (AvgIpc) is 2.42. The molecule has 0 saturated carbocycles. The Labute approximate surface area is 124 Å². The minimum atomic E-state index is 0.447. The molecule has 0 heterocycles. The molecule has 2 aromatic carbocycles. The molecular weight excluding hydrogens is 277 g/mol. The number of benzene rings is 2. The van der Waals surface area contributed by atoms with Crippen molar-refractivity contribution in [3.63, 3.8) is 0 Å². The molecule has 1 unspecified atom stereocenters. The number of hydrogen-bond acceptors (Lipinski definition) is 1. The summed E-state index contributed by atoms with van der Waals surface area (Å²) in [5, 5.41) is 1.19. The van der Waals surface area contributed by atoms with Gasteiger partial charge in [0.2, 0.25) is 0 Å². The van der Waals surface area contributed by atoms with Crippen molar-refractivity contribution >= 4 is 23.2 Å². The summed E-state index contributed by atoms with van der Waals surface area (Å²) in [5.41, 5.74) is 8.96. The van der Waals surface area contributed by atoms with Crippen molar-refractivity contribution < 1.29 is 0 Å². The summed E-state index contributed by atoms with van der Waals surface area (Å²) < 4.78 is 0. The third kappa shape index (κ3) is 3.30. The first-order valence-corrected chi connectivity index (χ1v) is 7.13. The molecule has 0 saturated heterocycles. The fraction of sp³-hybridized carbons (Fsp3) is 0.250. The molecular formula is C16H17Cl2N. The molecule has 19 heavy (non-hydrogen) atoms. The Bertz CT molecular complexity index is 566. The van der Waals surface area contributed by atoms with Gasteiger partial charge in [-0.15, -0.1) is 0 Å². The average molecular weight is 294 g/mol. The second-order valence-corrected chi connectivity index (χ2v) is 5.49. The third-order valence-corrected chi connectivity index (χ3v) is 4.14. The van der Waals surface area contributed by atoms with E-state index in [1.54, 1.807) is 6.07 Å². The number of hydrogen-bond donors (Lipinski definition) is 1. The molecule has 1 nitrogen and oxygen atoms in total.